The van der Waals surface area contributed by atoms with Crippen molar-refractivity contribution in [1.29, 1.82) is 0 Å². The van der Waals surface area contributed by atoms with E-state index in [0.717, 1.165) is 30.7 Å². The van der Waals surface area contributed by atoms with Crippen molar-refractivity contribution in [3.8, 4) is 12.3 Å². The smallest absolute Gasteiger partial charge is 0.0646 e. The molecule has 1 heterocycles. The van der Waals surface area contributed by atoms with E-state index < -0.39 is 0 Å². The lowest BCUT2D eigenvalue weighted by Gasteiger charge is -2.36. The monoisotopic (exact) mass is 229 g/mol. The molecule has 1 saturated heterocycles. The minimum Gasteiger partial charge on any atom is -0.382 e. The highest BCUT2D eigenvalue weighted by Crippen LogP contribution is 2.26. The maximum absolute atomic E-state index is 5.71. The topological polar surface area (TPSA) is 21.3 Å². The van der Waals surface area contributed by atoms with Crippen molar-refractivity contribution >= 4 is 5.69 Å². The summed E-state index contributed by atoms with van der Waals surface area (Å²) in [5.41, 5.74) is 1.99. The van der Waals surface area contributed by atoms with E-state index in [1.54, 1.807) is 0 Å². The Morgan fingerprint density at radius 2 is 2.29 bits per heavy atom. The van der Waals surface area contributed by atoms with E-state index in [-0.39, 0.29) is 5.60 Å². The summed E-state index contributed by atoms with van der Waals surface area (Å²) in [6.07, 6.45) is 7.46. The summed E-state index contributed by atoms with van der Waals surface area (Å²) in [4.78, 5) is 0. The highest BCUT2D eigenvalue weighted by Gasteiger charge is 2.28. The van der Waals surface area contributed by atoms with Crippen molar-refractivity contribution in [2.75, 3.05) is 11.9 Å². The van der Waals surface area contributed by atoms with Crippen LogP contribution < -0.4 is 5.32 Å². The molecule has 0 spiro atoms. The molecule has 1 N–H and O–H groups in total. The van der Waals surface area contributed by atoms with Gasteiger partial charge >= 0.3 is 0 Å². The summed E-state index contributed by atoms with van der Waals surface area (Å²) >= 11 is 0. The van der Waals surface area contributed by atoms with E-state index >= 15 is 0 Å². The van der Waals surface area contributed by atoms with Crippen LogP contribution in [-0.2, 0) is 4.74 Å². The highest BCUT2D eigenvalue weighted by molar-refractivity contribution is 5.50. The van der Waals surface area contributed by atoms with Crippen LogP contribution in [0.2, 0.25) is 0 Å². The summed E-state index contributed by atoms with van der Waals surface area (Å²) in [5, 5.41) is 3.54. The molecule has 1 aliphatic heterocycles. The third-order valence-electron chi connectivity index (χ3n) is 3.10. The molecule has 2 heteroatoms. The number of hydrogen-bond acceptors (Lipinski definition) is 2. The molecule has 0 aliphatic carbocycles. The Balaban J connectivity index is 2.03. The average molecular weight is 229 g/mol. The van der Waals surface area contributed by atoms with Crippen LogP contribution in [0.3, 0.4) is 0 Å². The fraction of sp³-hybridized carbons (Fsp3) is 0.467. The van der Waals surface area contributed by atoms with Gasteiger partial charge in [0.25, 0.3) is 0 Å². The van der Waals surface area contributed by atoms with Crippen LogP contribution in [0, 0.1) is 12.3 Å². The number of anilines is 1. The molecule has 2 rings (SSSR count). The van der Waals surface area contributed by atoms with Crippen LogP contribution in [-0.4, -0.2) is 18.2 Å². The van der Waals surface area contributed by atoms with Crippen molar-refractivity contribution < 1.29 is 4.74 Å². The number of ether oxygens (including phenoxy) is 1. The zero-order valence-corrected chi connectivity index (χ0v) is 10.5. The van der Waals surface area contributed by atoms with Crippen molar-refractivity contribution in [3.63, 3.8) is 0 Å². The molecule has 1 unspecified atom stereocenters. The third kappa shape index (κ3) is 3.25. The van der Waals surface area contributed by atoms with Gasteiger partial charge in [0.2, 0.25) is 0 Å². The largest absolute Gasteiger partial charge is 0.382 e. The van der Waals surface area contributed by atoms with Gasteiger partial charge in [-0.15, -0.1) is 6.42 Å². The second kappa shape index (κ2) is 4.81. The number of hydrogen-bond donors (Lipinski definition) is 1. The van der Waals surface area contributed by atoms with Gasteiger partial charge in [0, 0.05) is 23.9 Å². The first-order chi connectivity index (χ1) is 8.09. The lowest BCUT2D eigenvalue weighted by Crippen LogP contribution is -2.40. The Labute approximate surface area is 103 Å². The zero-order chi connectivity index (χ0) is 12.3. The molecule has 0 bridgehead atoms. The summed E-state index contributed by atoms with van der Waals surface area (Å²) in [6.45, 7) is 5.09. The van der Waals surface area contributed by atoms with E-state index in [2.05, 4.69) is 31.2 Å². The number of nitrogens with one attached hydrogen (secondary N) is 1. The number of terminal acetylenes is 1. The van der Waals surface area contributed by atoms with E-state index in [1.165, 1.54) is 0 Å². The molecule has 1 atom stereocenters. The SMILES string of the molecule is C#Cc1cccc(NC2CCOC(C)(C)C2)c1. The van der Waals surface area contributed by atoms with Crippen LogP contribution in [0.1, 0.15) is 32.3 Å². The van der Waals surface area contributed by atoms with E-state index in [0.29, 0.717) is 6.04 Å². The van der Waals surface area contributed by atoms with Gasteiger partial charge < -0.3 is 10.1 Å². The molecule has 1 aromatic rings. The molecular weight excluding hydrogens is 210 g/mol. The van der Waals surface area contributed by atoms with Crippen molar-refractivity contribution in [3.05, 3.63) is 29.8 Å². The Kier molecular flexibility index (Phi) is 3.40. The molecule has 0 aromatic heterocycles. The van der Waals surface area contributed by atoms with Crippen molar-refractivity contribution in [2.24, 2.45) is 0 Å². The first-order valence-corrected chi connectivity index (χ1v) is 6.06. The summed E-state index contributed by atoms with van der Waals surface area (Å²) in [5.74, 6) is 2.66. The van der Waals surface area contributed by atoms with Crippen LogP contribution in [0.4, 0.5) is 5.69 Å². The molecule has 2 nitrogen and oxygen atoms in total. The molecule has 0 saturated carbocycles. The number of benzene rings is 1. The molecule has 1 fully saturated rings. The minimum atomic E-state index is -0.0281. The summed E-state index contributed by atoms with van der Waals surface area (Å²) < 4.78 is 5.71. The second-order valence-electron chi connectivity index (χ2n) is 5.17. The van der Waals surface area contributed by atoms with Gasteiger partial charge in [-0.3, -0.25) is 0 Å². The molecule has 90 valence electrons. The molecular formula is C15H19NO. The molecule has 1 aliphatic rings. The van der Waals surface area contributed by atoms with E-state index in [1.807, 2.05) is 18.2 Å². The molecule has 0 amide bonds. The van der Waals surface area contributed by atoms with Crippen LogP contribution in [0.5, 0.6) is 0 Å². The Morgan fingerprint density at radius 3 is 3.00 bits per heavy atom. The highest BCUT2D eigenvalue weighted by atomic mass is 16.5. The Morgan fingerprint density at radius 1 is 1.47 bits per heavy atom. The van der Waals surface area contributed by atoms with Gasteiger partial charge in [0.05, 0.1) is 5.60 Å². The minimum absolute atomic E-state index is 0.0281. The van der Waals surface area contributed by atoms with Gasteiger partial charge in [0.15, 0.2) is 0 Å². The van der Waals surface area contributed by atoms with Crippen LogP contribution >= 0.6 is 0 Å². The van der Waals surface area contributed by atoms with Gasteiger partial charge in [-0.2, -0.15) is 0 Å². The first-order valence-electron chi connectivity index (χ1n) is 6.06. The summed E-state index contributed by atoms with van der Waals surface area (Å²) in [7, 11) is 0. The van der Waals surface area contributed by atoms with Crippen LogP contribution in [0.15, 0.2) is 24.3 Å². The quantitative estimate of drug-likeness (QED) is 0.787. The fourth-order valence-corrected chi connectivity index (χ4v) is 2.29. The lowest BCUT2D eigenvalue weighted by atomic mass is 9.94. The second-order valence-corrected chi connectivity index (χ2v) is 5.17. The average Bonchev–Trinajstić information content (AvgIpc) is 2.28. The Hall–Kier alpha value is -1.46. The standard InChI is InChI=1S/C15H19NO/c1-4-12-6-5-7-13(10-12)16-14-8-9-17-15(2,3)11-14/h1,5-7,10,14,16H,8-9,11H2,2-3H3. The van der Waals surface area contributed by atoms with Crippen molar-refractivity contribution in [2.45, 2.75) is 38.3 Å². The number of rotatable bonds is 2. The lowest BCUT2D eigenvalue weighted by molar-refractivity contribution is -0.0553. The first kappa shape index (κ1) is 12.0. The Bertz CT molecular complexity index is 431. The predicted octanol–water partition coefficient (Wildman–Crippen LogP) is 3.04. The van der Waals surface area contributed by atoms with E-state index in [9.17, 15) is 0 Å². The molecule has 1 aromatic carbocycles. The van der Waals surface area contributed by atoms with Gasteiger partial charge in [-0.25, -0.2) is 0 Å². The summed E-state index contributed by atoms with van der Waals surface area (Å²) in [6, 6.07) is 8.47. The maximum atomic E-state index is 5.71. The van der Waals surface area contributed by atoms with Crippen LogP contribution in [0.25, 0.3) is 0 Å². The molecule has 17 heavy (non-hydrogen) atoms. The molecule has 0 radical (unpaired) electrons. The fourth-order valence-electron chi connectivity index (χ4n) is 2.29. The zero-order valence-electron chi connectivity index (χ0n) is 10.5. The van der Waals surface area contributed by atoms with Crippen molar-refractivity contribution in [1.82, 2.24) is 0 Å². The normalized spacial score (nSPS) is 22.8. The van der Waals surface area contributed by atoms with Gasteiger partial charge in [-0.05, 0) is 44.9 Å². The van der Waals surface area contributed by atoms with E-state index in [4.69, 9.17) is 11.2 Å². The predicted molar refractivity (Wildman–Crippen MR) is 71.1 cm³/mol. The third-order valence-corrected chi connectivity index (χ3v) is 3.10. The van der Waals surface area contributed by atoms with Gasteiger partial charge in [0.1, 0.15) is 0 Å². The van der Waals surface area contributed by atoms with Gasteiger partial charge in [-0.1, -0.05) is 12.0 Å². The maximum Gasteiger partial charge on any atom is 0.0646 e.